The van der Waals surface area contributed by atoms with Gasteiger partial charge in [-0.05, 0) is 24.1 Å². The molecule has 0 aromatic heterocycles. The van der Waals surface area contributed by atoms with Crippen LogP contribution in [0.25, 0.3) is 0 Å². The van der Waals surface area contributed by atoms with Crippen LogP contribution >= 0.6 is 11.8 Å². The SMILES string of the molecule is CCCCCOc1c(C=NN=C(N)SCc2ccccc2)cccc1OC. The van der Waals surface area contributed by atoms with Crippen molar-refractivity contribution < 1.29 is 9.47 Å². The Kier molecular flexibility index (Phi) is 9.27. The number of hydrogen-bond donors (Lipinski definition) is 1. The first-order chi connectivity index (χ1) is 13.2. The summed E-state index contributed by atoms with van der Waals surface area (Å²) in [6.07, 6.45) is 4.94. The van der Waals surface area contributed by atoms with Gasteiger partial charge in [0.15, 0.2) is 16.7 Å². The van der Waals surface area contributed by atoms with Crippen LogP contribution < -0.4 is 15.2 Å². The average Bonchev–Trinajstić information content (AvgIpc) is 2.71. The van der Waals surface area contributed by atoms with E-state index in [0.717, 1.165) is 30.6 Å². The van der Waals surface area contributed by atoms with Crippen LogP contribution in [0, 0.1) is 0 Å². The molecule has 144 valence electrons. The molecule has 0 aliphatic carbocycles. The van der Waals surface area contributed by atoms with Gasteiger partial charge in [0.25, 0.3) is 0 Å². The van der Waals surface area contributed by atoms with E-state index in [1.54, 1.807) is 13.3 Å². The van der Waals surface area contributed by atoms with Crippen molar-refractivity contribution in [3.63, 3.8) is 0 Å². The summed E-state index contributed by atoms with van der Waals surface area (Å²) in [6.45, 7) is 2.81. The zero-order valence-electron chi connectivity index (χ0n) is 15.9. The van der Waals surface area contributed by atoms with Gasteiger partial charge in [-0.3, -0.25) is 0 Å². The van der Waals surface area contributed by atoms with Crippen LogP contribution in [-0.2, 0) is 5.75 Å². The molecule has 0 bridgehead atoms. The molecule has 0 heterocycles. The molecule has 0 amide bonds. The lowest BCUT2D eigenvalue weighted by Crippen LogP contribution is -2.06. The standard InChI is InChI=1S/C21H27N3O2S/c1-3-4-8-14-26-20-18(12-9-13-19(20)25-2)15-23-24-21(22)27-16-17-10-6-5-7-11-17/h5-7,9-13,15H,3-4,8,14,16H2,1-2H3,(H2,22,24). The molecule has 27 heavy (non-hydrogen) atoms. The number of ether oxygens (including phenoxy) is 2. The fourth-order valence-electron chi connectivity index (χ4n) is 2.38. The summed E-state index contributed by atoms with van der Waals surface area (Å²) >= 11 is 1.45. The van der Waals surface area contributed by atoms with E-state index in [1.165, 1.54) is 17.3 Å². The van der Waals surface area contributed by atoms with Gasteiger partial charge in [-0.25, -0.2) is 0 Å². The molecular weight excluding hydrogens is 358 g/mol. The van der Waals surface area contributed by atoms with Crippen molar-refractivity contribution >= 4 is 23.1 Å². The third kappa shape index (κ3) is 7.35. The van der Waals surface area contributed by atoms with Crippen LogP contribution in [-0.4, -0.2) is 25.1 Å². The molecule has 2 aromatic rings. The molecule has 0 atom stereocenters. The maximum Gasteiger partial charge on any atom is 0.180 e. The summed E-state index contributed by atoms with van der Waals surface area (Å²) in [7, 11) is 1.63. The highest BCUT2D eigenvalue weighted by Gasteiger charge is 2.09. The van der Waals surface area contributed by atoms with E-state index < -0.39 is 0 Å². The molecule has 0 radical (unpaired) electrons. The predicted octanol–water partition coefficient (Wildman–Crippen LogP) is 4.85. The largest absolute Gasteiger partial charge is 0.493 e. The van der Waals surface area contributed by atoms with Crippen LogP contribution in [0.4, 0.5) is 0 Å². The fraction of sp³-hybridized carbons (Fsp3) is 0.333. The highest BCUT2D eigenvalue weighted by Crippen LogP contribution is 2.30. The predicted molar refractivity (Wildman–Crippen MR) is 115 cm³/mol. The molecule has 0 fully saturated rings. The van der Waals surface area contributed by atoms with Gasteiger partial charge < -0.3 is 15.2 Å². The molecule has 0 saturated carbocycles. The zero-order chi connectivity index (χ0) is 19.3. The van der Waals surface area contributed by atoms with Crippen LogP contribution in [0.2, 0.25) is 0 Å². The lowest BCUT2D eigenvalue weighted by Gasteiger charge is -2.12. The maximum atomic E-state index is 5.94. The quantitative estimate of drug-likeness (QED) is 0.275. The van der Waals surface area contributed by atoms with E-state index in [0.29, 0.717) is 23.3 Å². The maximum absolute atomic E-state index is 5.94. The second kappa shape index (κ2) is 12.0. The van der Waals surface area contributed by atoms with Gasteiger partial charge in [-0.1, -0.05) is 67.9 Å². The van der Waals surface area contributed by atoms with E-state index in [4.69, 9.17) is 15.2 Å². The third-order valence-corrected chi connectivity index (χ3v) is 4.66. The molecule has 6 heteroatoms. The molecular formula is C21H27N3O2S. The van der Waals surface area contributed by atoms with Gasteiger partial charge in [-0.2, -0.15) is 5.10 Å². The molecule has 2 rings (SSSR count). The summed E-state index contributed by atoms with van der Waals surface area (Å²) in [5.74, 6) is 2.13. The number of para-hydroxylation sites is 1. The summed E-state index contributed by atoms with van der Waals surface area (Å²) in [5, 5.41) is 8.61. The van der Waals surface area contributed by atoms with Crippen LogP contribution in [0.5, 0.6) is 11.5 Å². The number of nitrogens with two attached hydrogens (primary N) is 1. The Bertz CT molecular complexity index is 748. The smallest absolute Gasteiger partial charge is 0.180 e. The Morgan fingerprint density at radius 3 is 2.67 bits per heavy atom. The molecule has 2 aromatic carbocycles. The number of unbranched alkanes of at least 4 members (excludes halogenated alkanes) is 2. The Labute approximate surface area is 165 Å². The van der Waals surface area contributed by atoms with Gasteiger partial charge in [-0.15, -0.1) is 5.10 Å². The van der Waals surface area contributed by atoms with Gasteiger partial charge in [0.2, 0.25) is 0 Å². The fourth-order valence-corrected chi connectivity index (χ4v) is 3.00. The van der Waals surface area contributed by atoms with Gasteiger partial charge in [0, 0.05) is 11.3 Å². The molecule has 0 aliphatic rings. The highest BCUT2D eigenvalue weighted by molar-refractivity contribution is 8.13. The van der Waals surface area contributed by atoms with Crippen molar-refractivity contribution in [3.8, 4) is 11.5 Å². The normalized spacial score (nSPS) is 11.7. The Morgan fingerprint density at radius 1 is 1.11 bits per heavy atom. The lowest BCUT2D eigenvalue weighted by molar-refractivity contribution is 0.285. The minimum atomic E-state index is 0.420. The summed E-state index contributed by atoms with van der Waals surface area (Å²) in [6, 6.07) is 15.8. The number of methoxy groups -OCH3 is 1. The molecule has 0 unspecified atom stereocenters. The van der Waals surface area contributed by atoms with E-state index in [2.05, 4.69) is 29.3 Å². The second-order valence-electron chi connectivity index (χ2n) is 5.89. The first kappa shape index (κ1) is 20.8. The monoisotopic (exact) mass is 385 g/mol. The first-order valence-corrected chi connectivity index (χ1v) is 10.1. The summed E-state index contributed by atoms with van der Waals surface area (Å²) < 4.78 is 11.3. The molecule has 5 nitrogen and oxygen atoms in total. The van der Waals surface area contributed by atoms with E-state index in [1.807, 2.05) is 36.4 Å². The van der Waals surface area contributed by atoms with Crippen molar-refractivity contribution in [1.29, 1.82) is 0 Å². The Hall–Kier alpha value is -2.47. The average molecular weight is 386 g/mol. The van der Waals surface area contributed by atoms with Crippen LogP contribution in [0.3, 0.4) is 0 Å². The summed E-state index contributed by atoms with van der Waals surface area (Å²) in [4.78, 5) is 0. The first-order valence-electron chi connectivity index (χ1n) is 9.07. The van der Waals surface area contributed by atoms with Crippen LogP contribution in [0.15, 0.2) is 58.7 Å². The third-order valence-electron chi connectivity index (χ3n) is 3.81. The van der Waals surface area contributed by atoms with Crippen molar-refractivity contribution in [2.24, 2.45) is 15.9 Å². The minimum absolute atomic E-state index is 0.420. The van der Waals surface area contributed by atoms with Gasteiger partial charge >= 0.3 is 0 Å². The van der Waals surface area contributed by atoms with E-state index in [9.17, 15) is 0 Å². The van der Waals surface area contributed by atoms with E-state index >= 15 is 0 Å². The van der Waals surface area contributed by atoms with Gasteiger partial charge in [0.05, 0.1) is 19.9 Å². The van der Waals surface area contributed by atoms with Crippen molar-refractivity contribution in [1.82, 2.24) is 0 Å². The molecule has 0 aliphatic heterocycles. The number of amidine groups is 1. The minimum Gasteiger partial charge on any atom is -0.493 e. The number of benzene rings is 2. The number of rotatable bonds is 10. The van der Waals surface area contributed by atoms with E-state index in [-0.39, 0.29) is 0 Å². The van der Waals surface area contributed by atoms with Crippen LogP contribution in [0.1, 0.15) is 37.3 Å². The number of nitrogens with zero attached hydrogens (tertiary/aromatic N) is 2. The number of hydrogen-bond acceptors (Lipinski definition) is 5. The Morgan fingerprint density at radius 2 is 1.93 bits per heavy atom. The van der Waals surface area contributed by atoms with Gasteiger partial charge in [0.1, 0.15) is 0 Å². The second-order valence-corrected chi connectivity index (χ2v) is 6.89. The zero-order valence-corrected chi connectivity index (χ0v) is 16.7. The molecule has 0 spiro atoms. The topological polar surface area (TPSA) is 69.2 Å². The van der Waals surface area contributed by atoms with Crippen molar-refractivity contribution in [2.45, 2.75) is 31.9 Å². The van der Waals surface area contributed by atoms with Crippen molar-refractivity contribution in [2.75, 3.05) is 13.7 Å². The Balaban J connectivity index is 1.99. The lowest BCUT2D eigenvalue weighted by atomic mass is 10.2. The molecule has 0 saturated heterocycles. The molecule has 2 N–H and O–H groups in total. The van der Waals surface area contributed by atoms with Crippen molar-refractivity contribution in [3.05, 3.63) is 59.7 Å². The summed E-state index contributed by atoms with van der Waals surface area (Å²) in [5.41, 5.74) is 7.95. The number of thioether (sulfide) groups is 1. The highest BCUT2D eigenvalue weighted by atomic mass is 32.2.